The van der Waals surface area contributed by atoms with E-state index in [2.05, 4.69) is 88.5 Å². The maximum atomic E-state index is 10.6. The molecule has 1 N–H and O–H groups in total. The Morgan fingerprint density at radius 3 is 2.51 bits per heavy atom. The van der Waals surface area contributed by atoms with Crippen LogP contribution in [0, 0.1) is 22.7 Å². The average molecular weight is 522 g/mol. The number of nitriles is 2. The van der Waals surface area contributed by atoms with Crippen molar-refractivity contribution in [2.45, 2.75) is 51.5 Å². The summed E-state index contributed by atoms with van der Waals surface area (Å²) < 4.78 is 6.02. The van der Waals surface area contributed by atoms with Gasteiger partial charge in [-0.25, -0.2) is 4.98 Å². The van der Waals surface area contributed by atoms with Crippen molar-refractivity contribution >= 4 is 28.1 Å². The van der Waals surface area contributed by atoms with Gasteiger partial charge in [0, 0.05) is 68.5 Å². The highest BCUT2D eigenvalue weighted by Crippen LogP contribution is 2.39. The predicted molar refractivity (Wildman–Crippen MR) is 154 cm³/mol. The molecule has 0 saturated carbocycles. The second kappa shape index (κ2) is 10.7. The molecular formula is C31H35N7O. The number of fused-ring (bicyclic) bond motifs is 2. The minimum absolute atomic E-state index is 0.0629. The van der Waals surface area contributed by atoms with Gasteiger partial charge in [0.05, 0.1) is 30.3 Å². The lowest BCUT2D eigenvalue weighted by molar-refractivity contribution is -0.00547. The molecule has 39 heavy (non-hydrogen) atoms. The lowest BCUT2D eigenvalue weighted by Crippen LogP contribution is -2.51. The number of hydrogen-bond acceptors (Lipinski definition) is 8. The van der Waals surface area contributed by atoms with Crippen LogP contribution in [0.5, 0.6) is 0 Å². The molecule has 0 bridgehead atoms. The van der Waals surface area contributed by atoms with Gasteiger partial charge in [0.25, 0.3) is 0 Å². The maximum Gasteiger partial charge on any atom is 0.149 e. The fourth-order valence-electron chi connectivity index (χ4n) is 6.51. The van der Waals surface area contributed by atoms with Gasteiger partial charge in [0.1, 0.15) is 17.7 Å². The number of nitrogens with zero attached hydrogens (tertiary/aromatic N) is 6. The Morgan fingerprint density at radius 1 is 0.923 bits per heavy atom. The lowest BCUT2D eigenvalue weighted by atomic mass is 9.93. The lowest BCUT2D eigenvalue weighted by Gasteiger charge is -2.41. The summed E-state index contributed by atoms with van der Waals surface area (Å²) in [5.41, 5.74) is 4.15. The summed E-state index contributed by atoms with van der Waals surface area (Å²) in [7, 11) is 0. The van der Waals surface area contributed by atoms with E-state index in [1.165, 1.54) is 22.0 Å². The first-order chi connectivity index (χ1) is 19.1. The molecule has 2 fully saturated rings. The Bertz CT molecular complexity index is 1440. The summed E-state index contributed by atoms with van der Waals surface area (Å²) in [5, 5.41) is 25.8. The SMILES string of the molecule is CC1CN(c2nc(N3CCN[C@H](CC#N)C3)c3c(c2C#N)CN(c2cccc4ccccc24)CC3)CC(C)O1. The van der Waals surface area contributed by atoms with Gasteiger partial charge in [-0.1, -0.05) is 36.4 Å². The van der Waals surface area contributed by atoms with Crippen molar-refractivity contribution in [1.29, 1.82) is 10.5 Å². The summed E-state index contributed by atoms with van der Waals surface area (Å²) >= 11 is 0. The van der Waals surface area contributed by atoms with Crippen LogP contribution in [0.4, 0.5) is 17.3 Å². The number of pyridine rings is 1. The highest BCUT2D eigenvalue weighted by atomic mass is 16.5. The summed E-state index contributed by atoms with van der Waals surface area (Å²) in [4.78, 5) is 12.3. The van der Waals surface area contributed by atoms with Crippen LogP contribution in [-0.4, -0.2) is 62.5 Å². The number of morpholine rings is 1. The Kier molecular flexibility index (Phi) is 6.99. The van der Waals surface area contributed by atoms with Crippen molar-refractivity contribution in [2.75, 3.05) is 54.0 Å². The third-order valence-electron chi connectivity index (χ3n) is 8.18. The van der Waals surface area contributed by atoms with E-state index in [9.17, 15) is 10.5 Å². The van der Waals surface area contributed by atoms with Crippen molar-refractivity contribution in [3.8, 4) is 12.1 Å². The van der Waals surface area contributed by atoms with Gasteiger partial charge in [-0.2, -0.15) is 10.5 Å². The molecule has 8 nitrogen and oxygen atoms in total. The summed E-state index contributed by atoms with van der Waals surface area (Å²) in [5.74, 6) is 1.75. The summed E-state index contributed by atoms with van der Waals surface area (Å²) in [6, 6.07) is 20.0. The Hall–Kier alpha value is -3.85. The molecule has 3 aliphatic heterocycles. The molecular weight excluding hydrogens is 486 g/mol. The predicted octanol–water partition coefficient (Wildman–Crippen LogP) is 3.97. The number of rotatable bonds is 4. The number of aromatic nitrogens is 1. The van der Waals surface area contributed by atoms with E-state index in [1.54, 1.807) is 0 Å². The third-order valence-corrected chi connectivity index (χ3v) is 8.18. The molecule has 200 valence electrons. The molecule has 6 rings (SSSR count). The topological polar surface area (TPSA) is 91.5 Å². The third kappa shape index (κ3) is 4.87. The van der Waals surface area contributed by atoms with Gasteiger partial charge in [0.2, 0.25) is 0 Å². The number of nitrogens with one attached hydrogen (secondary N) is 1. The first kappa shape index (κ1) is 25.4. The van der Waals surface area contributed by atoms with Crippen molar-refractivity contribution < 1.29 is 4.74 Å². The number of ether oxygens (including phenoxy) is 1. The Balaban J connectivity index is 1.46. The molecule has 2 unspecified atom stereocenters. The molecule has 0 spiro atoms. The average Bonchev–Trinajstić information content (AvgIpc) is 2.95. The van der Waals surface area contributed by atoms with Gasteiger partial charge in [0.15, 0.2) is 0 Å². The molecule has 3 atom stereocenters. The zero-order valence-electron chi connectivity index (χ0n) is 22.7. The fourth-order valence-corrected chi connectivity index (χ4v) is 6.51. The Labute approximate surface area is 230 Å². The highest BCUT2D eigenvalue weighted by molar-refractivity contribution is 5.94. The fraction of sp³-hybridized carbons (Fsp3) is 0.452. The van der Waals surface area contributed by atoms with E-state index in [0.29, 0.717) is 31.6 Å². The van der Waals surface area contributed by atoms with Crippen molar-refractivity contribution in [3.05, 3.63) is 59.2 Å². The van der Waals surface area contributed by atoms with Crippen LogP contribution < -0.4 is 20.0 Å². The quantitative estimate of drug-likeness (QED) is 0.552. The second-order valence-corrected chi connectivity index (χ2v) is 11.0. The molecule has 0 radical (unpaired) electrons. The Morgan fingerprint density at radius 2 is 1.72 bits per heavy atom. The van der Waals surface area contributed by atoms with E-state index < -0.39 is 0 Å². The highest BCUT2D eigenvalue weighted by Gasteiger charge is 2.33. The summed E-state index contributed by atoms with van der Waals surface area (Å²) in [6.07, 6.45) is 1.41. The minimum Gasteiger partial charge on any atom is -0.372 e. The minimum atomic E-state index is 0.0629. The van der Waals surface area contributed by atoms with Crippen LogP contribution in [0.25, 0.3) is 10.8 Å². The molecule has 3 aromatic rings. The van der Waals surface area contributed by atoms with Crippen LogP contribution in [0.3, 0.4) is 0 Å². The molecule has 4 heterocycles. The molecule has 2 aromatic carbocycles. The van der Waals surface area contributed by atoms with Gasteiger partial charge < -0.3 is 24.8 Å². The van der Waals surface area contributed by atoms with Gasteiger partial charge in [-0.05, 0) is 37.3 Å². The second-order valence-electron chi connectivity index (χ2n) is 11.0. The number of benzene rings is 2. The van der Waals surface area contributed by atoms with Gasteiger partial charge >= 0.3 is 0 Å². The standard InChI is InChI=1S/C31H35N7O/c1-21-17-38(18-22(2)39-21)31-27(16-33)28-20-36(29-9-5-7-23-6-3-4-8-25(23)29)14-11-26(28)30(35-31)37-15-13-34-24(19-37)10-12-32/h3-9,21-22,24,34H,10-11,13-15,17-20H2,1-2H3/t21?,22?,24-/m1/s1. The van der Waals surface area contributed by atoms with E-state index >= 15 is 0 Å². The van der Waals surface area contributed by atoms with Crippen LogP contribution in [0.15, 0.2) is 42.5 Å². The van der Waals surface area contributed by atoms with E-state index in [1.807, 2.05) is 0 Å². The van der Waals surface area contributed by atoms with Crippen molar-refractivity contribution in [3.63, 3.8) is 0 Å². The van der Waals surface area contributed by atoms with Crippen LogP contribution in [0.1, 0.15) is 37.0 Å². The number of piperazine rings is 1. The molecule has 0 amide bonds. The molecule has 2 saturated heterocycles. The van der Waals surface area contributed by atoms with Crippen LogP contribution in [-0.2, 0) is 17.7 Å². The van der Waals surface area contributed by atoms with Crippen LogP contribution in [0.2, 0.25) is 0 Å². The van der Waals surface area contributed by atoms with Gasteiger partial charge in [-0.3, -0.25) is 0 Å². The molecule has 8 heteroatoms. The van der Waals surface area contributed by atoms with Gasteiger partial charge in [-0.15, -0.1) is 0 Å². The largest absolute Gasteiger partial charge is 0.372 e. The summed E-state index contributed by atoms with van der Waals surface area (Å²) in [6.45, 7) is 9.48. The molecule has 1 aromatic heterocycles. The molecule has 0 aliphatic carbocycles. The maximum absolute atomic E-state index is 10.6. The first-order valence-electron chi connectivity index (χ1n) is 14.0. The molecule has 3 aliphatic rings. The normalized spacial score (nSPS) is 23.3. The zero-order valence-corrected chi connectivity index (χ0v) is 22.7. The number of anilines is 3. The van der Waals surface area contributed by atoms with Crippen molar-refractivity contribution in [1.82, 2.24) is 10.3 Å². The van der Waals surface area contributed by atoms with Crippen LogP contribution >= 0.6 is 0 Å². The zero-order chi connectivity index (χ0) is 26.9. The van der Waals surface area contributed by atoms with E-state index in [4.69, 9.17) is 9.72 Å². The monoisotopic (exact) mass is 521 g/mol. The van der Waals surface area contributed by atoms with Crippen molar-refractivity contribution in [2.24, 2.45) is 0 Å². The van der Waals surface area contributed by atoms with E-state index in [0.717, 1.165) is 49.8 Å². The van der Waals surface area contributed by atoms with E-state index in [-0.39, 0.29) is 18.2 Å². The number of hydrogen-bond donors (Lipinski definition) is 1. The first-order valence-corrected chi connectivity index (χ1v) is 14.0. The smallest absolute Gasteiger partial charge is 0.149 e.